The number of ether oxygens (including phenoxy) is 1. The summed E-state index contributed by atoms with van der Waals surface area (Å²) in [5, 5.41) is 38.9. The minimum atomic E-state index is -0.463. The van der Waals surface area contributed by atoms with E-state index in [1.807, 2.05) is 30.3 Å². The molecule has 0 radical (unpaired) electrons. The molecule has 6 rings (SSSR count). The van der Waals surface area contributed by atoms with Crippen LogP contribution in [0.2, 0.25) is 0 Å². The van der Waals surface area contributed by atoms with E-state index in [-0.39, 0.29) is 42.2 Å². The molecule has 0 spiro atoms. The lowest BCUT2D eigenvalue weighted by molar-refractivity contribution is -0.307. The van der Waals surface area contributed by atoms with Gasteiger partial charge in [0.1, 0.15) is 5.75 Å². The Hall–Kier alpha value is -5.10. The van der Waals surface area contributed by atoms with Gasteiger partial charge in [0, 0.05) is 42.6 Å². The molecule has 0 aromatic heterocycles. The Morgan fingerprint density at radius 2 is 1.88 bits per heavy atom. The summed E-state index contributed by atoms with van der Waals surface area (Å²) < 4.78 is 6.04. The molecule has 5 N–H and O–H groups in total. The topological polar surface area (TPSA) is 140 Å². The lowest BCUT2D eigenvalue weighted by Crippen LogP contribution is -2.35. The standard InChI is InChI=1S/C43H47N3O5/c1-2-3-4-5-6-9-32(47)14-11-28-13-16-40(49)42(24-28)51-22-19-29-12-15-39(48)37(23-29)36-27-41(50)33-18-21-45-38(33)10-7-8-30-26-35-31(25-34(30)36)17-20-46-43(35)44/h6,9,12-13,15-16,18,21,23-26,36,43,46,48-50H,2-5,10-11,14,17,19-20,22,27,44H2,1H3/p-1. The van der Waals surface area contributed by atoms with Gasteiger partial charge in [-0.15, -0.1) is 5.76 Å². The highest BCUT2D eigenvalue weighted by atomic mass is 16.5. The summed E-state index contributed by atoms with van der Waals surface area (Å²) in [6.45, 7) is 3.18. The lowest BCUT2D eigenvalue weighted by atomic mass is 9.80. The van der Waals surface area contributed by atoms with Gasteiger partial charge < -0.3 is 25.8 Å². The van der Waals surface area contributed by atoms with Crippen LogP contribution in [0.5, 0.6) is 17.2 Å². The van der Waals surface area contributed by atoms with Crippen molar-refractivity contribution in [2.45, 2.75) is 83.2 Å². The third-order valence-electron chi connectivity index (χ3n) is 9.81. The molecule has 8 heteroatoms. The highest BCUT2D eigenvalue weighted by molar-refractivity contribution is 6.06. The first-order chi connectivity index (χ1) is 24.8. The number of unbranched alkanes of at least 4 members (excludes halogenated alkanes) is 3. The predicted molar refractivity (Wildman–Crippen MR) is 199 cm³/mol. The minimum Gasteiger partial charge on any atom is -0.875 e. The van der Waals surface area contributed by atoms with E-state index >= 15 is 0 Å². The van der Waals surface area contributed by atoms with E-state index in [0.29, 0.717) is 48.3 Å². The second-order valence-electron chi connectivity index (χ2n) is 13.4. The summed E-state index contributed by atoms with van der Waals surface area (Å²) >= 11 is 0. The van der Waals surface area contributed by atoms with Crippen molar-refractivity contribution in [1.29, 1.82) is 0 Å². The van der Waals surface area contributed by atoms with Crippen LogP contribution >= 0.6 is 0 Å². The number of fused-ring (bicyclic) bond motifs is 3. The molecule has 2 aliphatic heterocycles. The molecule has 0 fully saturated rings. The second kappa shape index (κ2) is 16.7. The van der Waals surface area contributed by atoms with Crippen molar-refractivity contribution in [3.63, 3.8) is 0 Å². The first-order valence-electron chi connectivity index (χ1n) is 18.0. The molecule has 1 aliphatic carbocycles. The molecule has 2 heterocycles. The fourth-order valence-electron chi connectivity index (χ4n) is 6.95. The fraction of sp³-hybridized carbons (Fsp3) is 0.349. The van der Waals surface area contributed by atoms with Gasteiger partial charge in [-0.2, -0.15) is 0 Å². The highest BCUT2D eigenvalue weighted by Crippen LogP contribution is 2.40. The second-order valence-corrected chi connectivity index (χ2v) is 13.4. The van der Waals surface area contributed by atoms with Gasteiger partial charge >= 0.3 is 0 Å². The van der Waals surface area contributed by atoms with E-state index in [9.17, 15) is 20.1 Å². The maximum atomic E-state index is 13.8. The number of aryl methyl sites for hydroxylation is 1. The van der Waals surface area contributed by atoms with Gasteiger partial charge in [-0.3, -0.25) is 15.1 Å². The summed E-state index contributed by atoms with van der Waals surface area (Å²) in [5.74, 6) is 6.63. The number of aliphatic imine (C=N–C) groups is 1. The number of allylic oxidation sites excluding steroid dienone is 5. The van der Waals surface area contributed by atoms with Crippen LogP contribution in [0, 0.1) is 11.8 Å². The van der Waals surface area contributed by atoms with Gasteiger partial charge in [0.15, 0.2) is 17.3 Å². The van der Waals surface area contributed by atoms with E-state index in [1.54, 1.807) is 36.6 Å². The van der Waals surface area contributed by atoms with Crippen molar-refractivity contribution in [3.05, 3.63) is 123 Å². The first kappa shape index (κ1) is 35.7. The van der Waals surface area contributed by atoms with Gasteiger partial charge in [0.2, 0.25) is 0 Å². The number of hydrogen-bond donors (Lipinski definition) is 4. The maximum Gasteiger partial charge on any atom is 0.161 e. The third-order valence-corrected chi connectivity index (χ3v) is 9.81. The number of ketones is 1. The van der Waals surface area contributed by atoms with Crippen LogP contribution in [0.3, 0.4) is 0 Å². The van der Waals surface area contributed by atoms with E-state index in [2.05, 4.69) is 35.1 Å². The summed E-state index contributed by atoms with van der Waals surface area (Å²) in [6.07, 6.45) is 13.8. The van der Waals surface area contributed by atoms with Crippen molar-refractivity contribution >= 4 is 11.5 Å². The Morgan fingerprint density at radius 1 is 1.06 bits per heavy atom. The molecule has 3 aromatic rings. The Kier molecular flexibility index (Phi) is 11.7. The largest absolute Gasteiger partial charge is 0.875 e. The molecule has 0 saturated heterocycles. The van der Waals surface area contributed by atoms with Gasteiger partial charge in [-0.1, -0.05) is 61.9 Å². The number of carbonyl (C=O) groups is 1. The number of nitrogens with zero attached hydrogens (tertiary/aromatic N) is 1. The number of aromatic hydroxyl groups is 2. The predicted octanol–water partition coefficient (Wildman–Crippen LogP) is 6.32. The van der Waals surface area contributed by atoms with Gasteiger partial charge in [-0.25, -0.2) is 0 Å². The fourth-order valence-corrected chi connectivity index (χ4v) is 6.95. The van der Waals surface area contributed by atoms with E-state index in [1.165, 1.54) is 6.42 Å². The zero-order valence-corrected chi connectivity index (χ0v) is 29.2. The zero-order valence-electron chi connectivity index (χ0n) is 29.2. The number of nitrogens with two attached hydrogens (primary N) is 1. The Morgan fingerprint density at radius 3 is 2.73 bits per heavy atom. The average Bonchev–Trinajstić information content (AvgIpc) is 3.60. The third kappa shape index (κ3) is 8.80. The number of phenolic OH excluding ortho intramolecular Hbond substituents is 2. The van der Waals surface area contributed by atoms with E-state index in [0.717, 1.165) is 65.6 Å². The molecule has 0 saturated carbocycles. The van der Waals surface area contributed by atoms with Crippen LogP contribution in [-0.2, 0) is 24.1 Å². The number of phenols is 2. The van der Waals surface area contributed by atoms with E-state index < -0.39 is 5.92 Å². The van der Waals surface area contributed by atoms with Crippen LogP contribution in [0.4, 0.5) is 0 Å². The Balaban J connectivity index is 1.21. The lowest BCUT2D eigenvalue weighted by Gasteiger charge is -2.30. The van der Waals surface area contributed by atoms with Crippen LogP contribution in [0.1, 0.15) is 103 Å². The molecule has 264 valence electrons. The summed E-state index contributed by atoms with van der Waals surface area (Å²) in [5.41, 5.74) is 13.9. The zero-order chi connectivity index (χ0) is 35.7. The molecule has 8 nitrogen and oxygen atoms in total. The summed E-state index contributed by atoms with van der Waals surface area (Å²) in [4.78, 5) is 16.8. The molecular weight excluding hydrogens is 638 g/mol. The highest BCUT2D eigenvalue weighted by Gasteiger charge is 2.26. The molecule has 2 atom stereocenters. The smallest absolute Gasteiger partial charge is 0.161 e. The molecule has 3 aliphatic rings. The van der Waals surface area contributed by atoms with Crippen molar-refractivity contribution < 1.29 is 24.9 Å². The van der Waals surface area contributed by atoms with Gasteiger partial charge in [-0.05, 0) is 102 Å². The van der Waals surface area contributed by atoms with Crippen LogP contribution in [-0.4, -0.2) is 34.9 Å². The SMILES string of the molecule is CCCCCC=CC(=O)CCc1ccc(O)c(OCCc2ccc(O)c(C3CC([O-])=C4C=CN=C4CC#Cc4cc5c(cc43)CCNC5N)c2)c1. The number of rotatable bonds is 13. The molecule has 2 unspecified atom stereocenters. The molecule has 0 bridgehead atoms. The van der Waals surface area contributed by atoms with Crippen LogP contribution < -0.4 is 20.9 Å². The Labute approximate surface area is 300 Å². The summed E-state index contributed by atoms with van der Waals surface area (Å²) in [7, 11) is 0. The molecule has 3 aromatic carbocycles. The Bertz CT molecular complexity index is 1960. The number of nitrogens with one attached hydrogen (secondary N) is 1. The summed E-state index contributed by atoms with van der Waals surface area (Å²) in [6, 6.07) is 14.8. The van der Waals surface area contributed by atoms with Crippen LogP contribution in [0.15, 0.2) is 89.3 Å². The van der Waals surface area contributed by atoms with Gasteiger partial charge in [0.25, 0.3) is 0 Å². The number of benzene rings is 3. The van der Waals surface area contributed by atoms with Crippen molar-refractivity contribution in [3.8, 4) is 29.1 Å². The van der Waals surface area contributed by atoms with Crippen molar-refractivity contribution in [2.24, 2.45) is 10.7 Å². The first-order valence-corrected chi connectivity index (χ1v) is 18.0. The van der Waals surface area contributed by atoms with Crippen molar-refractivity contribution in [1.82, 2.24) is 5.32 Å². The quantitative estimate of drug-likeness (QED) is 0.0939. The molecule has 0 amide bonds. The minimum absolute atomic E-state index is 0.0321. The number of carbonyl (C=O) groups excluding carboxylic acids is 1. The monoisotopic (exact) mass is 684 g/mol. The normalized spacial score (nSPS) is 18.0. The number of hydrogen-bond acceptors (Lipinski definition) is 8. The molecule has 51 heavy (non-hydrogen) atoms. The average molecular weight is 685 g/mol. The van der Waals surface area contributed by atoms with E-state index in [4.69, 9.17) is 10.5 Å². The van der Waals surface area contributed by atoms with Crippen molar-refractivity contribution in [2.75, 3.05) is 13.2 Å². The molecular formula is C43H46N3O5-. The van der Waals surface area contributed by atoms with Gasteiger partial charge in [0.05, 0.1) is 24.9 Å². The van der Waals surface area contributed by atoms with Crippen LogP contribution in [0.25, 0.3) is 0 Å². The maximum absolute atomic E-state index is 13.8.